The van der Waals surface area contributed by atoms with Crippen molar-refractivity contribution >= 4 is 11.8 Å². The molecule has 1 aromatic heterocycles. The molecular formula is C15H19N3O2. The van der Waals surface area contributed by atoms with Crippen molar-refractivity contribution in [2.24, 2.45) is 0 Å². The van der Waals surface area contributed by atoms with E-state index in [0.29, 0.717) is 17.9 Å². The van der Waals surface area contributed by atoms with Crippen molar-refractivity contribution in [2.45, 2.75) is 45.6 Å². The average molecular weight is 273 g/mol. The van der Waals surface area contributed by atoms with E-state index in [9.17, 15) is 15.2 Å². The molecule has 0 fully saturated rings. The number of pyridine rings is 1. The number of carboxylic acids is 1. The molecule has 106 valence electrons. The quantitative estimate of drug-likeness (QED) is 0.909. The Morgan fingerprint density at radius 1 is 1.55 bits per heavy atom. The van der Waals surface area contributed by atoms with Gasteiger partial charge in [-0.1, -0.05) is 0 Å². The Bertz CT molecular complexity index is 588. The third-order valence-electron chi connectivity index (χ3n) is 3.92. The van der Waals surface area contributed by atoms with Crippen molar-refractivity contribution in [3.05, 3.63) is 22.9 Å². The Balaban J connectivity index is 2.55. The molecule has 0 unspecified atom stereocenters. The van der Waals surface area contributed by atoms with E-state index in [2.05, 4.69) is 11.1 Å². The van der Waals surface area contributed by atoms with Crippen LogP contribution in [0.1, 0.15) is 44.0 Å². The lowest BCUT2D eigenvalue weighted by atomic mass is 10.0. The third kappa shape index (κ3) is 2.22. The predicted molar refractivity (Wildman–Crippen MR) is 75.7 cm³/mol. The lowest BCUT2D eigenvalue weighted by Gasteiger charge is -2.35. The summed E-state index contributed by atoms with van der Waals surface area (Å²) in [5.41, 5.74) is 1.48. The lowest BCUT2D eigenvalue weighted by Crippen LogP contribution is -2.51. The topological polar surface area (TPSA) is 77.2 Å². The summed E-state index contributed by atoms with van der Waals surface area (Å²) in [4.78, 5) is 17.7. The number of aryl methyl sites for hydroxylation is 2. The van der Waals surface area contributed by atoms with Crippen molar-refractivity contribution < 1.29 is 9.90 Å². The second-order valence-electron chi connectivity index (χ2n) is 5.54. The molecule has 0 aromatic carbocycles. The van der Waals surface area contributed by atoms with Crippen molar-refractivity contribution in [1.82, 2.24) is 4.98 Å². The van der Waals surface area contributed by atoms with E-state index in [-0.39, 0.29) is 0 Å². The van der Waals surface area contributed by atoms with Gasteiger partial charge in [-0.15, -0.1) is 0 Å². The third-order valence-corrected chi connectivity index (χ3v) is 3.92. The second kappa shape index (κ2) is 5.12. The molecule has 0 atom stereocenters. The molecule has 0 spiro atoms. The number of hydrogen-bond donors (Lipinski definition) is 1. The van der Waals surface area contributed by atoms with Gasteiger partial charge in [-0.2, -0.15) is 5.26 Å². The van der Waals surface area contributed by atoms with Gasteiger partial charge in [-0.05, 0) is 51.7 Å². The predicted octanol–water partition coefficient (Wildman–Crippen LogP) is 2.13. The van der Waals surface area contributed by atoms with Gasteiger partial charge in [0.2, 0.25) is 0 Å². The minimum Gasteiger partial charge on any atom is -0.480 e. The smallest absolute Gasteiger partial charge is 0.328 e. The van der Waals surface area contributed by atoms with Crippen molar-refractivity contribution in [3.8, 4) is 6.07 Å². The van der Waals surface area contributed by atoms with E-state index >= 15 is 0 Å². The molecule has 0 bridgehead atoms. The SMILES string of the molecule is CCN(c1nc2c(cc1C#N)CCC2)C(C)(C)C(=O)O. The van der Waals surface area contributed by atoms with Crippen molar-refractivity contribution in [3.63, 3.8) is 0 Å². The number of carboxylic acid groups (broad SMARTS) is 1. The van der Waals surface area contributed by atoms with E-state index in [1.165, 1.54) is 0 Å². The first-order chi connectivity index (χ1) is 9.41. The Morgan fingerprint density at radius 3 is 2.80 bits per heavy atom. The van der Waals surface area contributed by atoms with Crippen LogP contribution in [0.3, 0.4) is 0 Å². The number of likely N-dealkylation sites (N-methyl/N-ethyl adjacent to an activating group) is 1. The Hall–Kier alpha value is -2.09. The molecule has 5 nitrogen and oxygen atoms in total. The molecular weight excluding hydrogens is 254 g/mol. The summed E-state index contributed by atoms with van der Waals surface area (Å²) in [6, 6.07) is 4.02. The lowest BCUT2D eigenvalue weighted by molar-refractivity contribution is -0.142. The maximum atomic E-state index is 11.5. The Labute approximate surface area is 118 Å². The van der Waals surface area contributed by atoms with E-state index in [1.807, 2.05) is 13.0 Å². The van der Waals surface area contributed by atoms with Crippen LogP contribution in [0.15, 0.2) is 6.07 Å². The van der Waals surface area contributed by atoms with Gasteiger partial charge < -0.3 is 10.0 Å². The number of aliphatic carboxylic acids is 1. The minimum atomic E-state index is -1.10. The highest BCUT2D eigenvalue weighted by Crippen LogP contribution is 2.30. The zero-order valence-corrected chi connectivity index (χ0v) is 12.1. The summed E-state index contributed by atoms with van der Waals surface area (Å²) in [6.45, 7) is 5.63. The van der Waals surface area contributed by atoms with E-state index in [4.69, 9.17) is 0 Å². The van der Waals surface area contributed by atoms with Gasteiger partial charge in [-0.3, -0.25) is 0 Å². The van der Waals surface area contributed by atoms with Crippen molar-refractivity contribution in [2.75, 3.05) is 11.4 Å². The zero-order chi connectivity index (χ0) is 14.9. The van der Waals surface area contributed by atoms with E-state index in [1.54, 1.807) is 18.7 Å². The fourth-order valence-electron chi connectivity index (χ4n) is 2.67. The first kappa shape index (κ1) is 14.3. The van der Waals surface area contributed by atoms with Gasteiger partial charge >= 0.3 is 5.97 Å². The van der Waals surface area contributed by atoms with Crippen LogP contribution in [-0.2, 0) is 17.6 Å². The number of rotatable bonds is 4. The fraction of sp³-hybridized carbons (Fsp3) is 0.533. The highest BCUT2D eigenvalue weighted by atomic mass is 16.4. The number of carbonyl (C=O) groups is 1. The number of anilines is 1. The van der Waals surface area contributed by atoms with Crippen LogP contribution in [0.2, 0.25) is 0 Å². The molecule has 5 heteroatoms. The molecule has 20 heavy (non-hydrogen) atoms. The summed E-state index contributed by atoms with van der Waals surface area (Å²) in [5.74, 6) is -0.436. The highest BCUT2D eigenvalue weighted by Gasteiger charge is 2.36. The summed E-state index contributed by atoms with van der Waals surface area (Å²) in [6.07, 6.45) is 2.90. The molecule has 0 radical (unpaired) electrons. The molecule has 2 rings (SSSR count). The first-order valence-electron chi connectivity index (χ1n) is 6.85. The standard InChI is InChI=1S/C15H19N3O2/c1-4-18(15(2,3)14(19)20)13-11(9-16)8-10-6-5-7-12(10)17-13/h8H,4-7H2,1-3H3,(H,19,20). The van der Waals surface area contributed by atoms with E-state index < -0.39 is 11.5 Å². The maximum absolute atomic E-state index is 11.5. The second-order valence-corrected chi connectivity index (χ2v) is 5.54. The van der Waals surface area contributed by atoms with Crippen LogP contribution in [0.25, 0.3) is 0 Å². The molecule has 1 aliphatic carbocycles. The largest absolute Gasteiger partial charge is 0.480 e. The number of nitriles is 1. The zero-order valence-electron chi connectivity index (χ0n) is 12.1. The van der Waals surface area contributed by atoms with Crippen LogP contribution in [-0.4, -0.2) is 28.1 Å². The normalized spacial score (nSPS) is 13.7. The summed E-state index contributed by atoms with van der Waals surface area (Å²) < 4.78 is 0. The maximum Gasteiger partial charge on any atom is 0.328 e. The van der Waals surface area contributed by atoms with Gasteiger partial charge in [-0.25, -0.2) is 9.78 Å². The molecule has 1 heterocycles. The Kier molecular flexibility index (Phi) is 3.67. The molecule has 0 aliphatic heterocycles. The van der Waals surface area contributed by atoms with Crippen LogP contribution in [0.4, 0.5) is 5.82 Å². The highest BCUT2D eigenvalue weighted by molar-refractivity contribution is 5.83. The summed E-state index contributed by atoms with van der Waals surface area (Å²) >= 11 is 0. The van der Waals surface area contributed by atoms with Gasteiger partial charge in [0.1, 0.15) is 17.4 Å². The number of hydrogen-bond acceptors (Lipinski definition) is 4. The number of nitrogens with zero attached hydrogens (tertiary/aromatic N) is 3. The molecule has 1 N–H and O–H groups in total. The minimum absolute atomic E-state index is 0.460. The molecule has 1 aliphatic rings. The van der Waals surface area contributed by atoms with Crippen LogP contribution >= 0.6 is 0 Å². The van der Waals surface area contributed by atoms with Gasteiger partial charge in [0.15, 0.2) is 0 Å². The van der Waals surface area contributed by atoms with Crippen LogP contribution in [0.5, 0.6) is 0 Å². The molecule has 0 saturated heterocycles. The van der Waals surface area contributed by atoms with E-state index in [0.717, 1.165) is 30.5 Å². The summed E-state index contributed by atoms with van der Waals surface area (Å²) in [7, 11) is 0. The van der Waals surface area contributed by atoms with Gasteiger partial charge in [0.25, 0.3) is 0 Å². The molecule has 1 aromatic rings. The van der Waals surface area contributed by atoms with Gasteiger partial charge in [0.05, 0.1) is 5.56 Å². The Morgan fingerprint density at radius 2 is 2.25 bits per heavy atom. The summed E-state index contributed by atoms with van der Waals surface area (Å²) in [5, 5.41) is 18.7. The fourth-order valence-corrected chi connectivity index (χ4v) is 2.67. The van der Waals surface area contributed by atoms with Crippen molar-refractivity contribution in [1.29, 1.82) is 5.26 Å². The number of aromatic nitrogens is 1. The van der Waals surface area contributed by atoms with Crippen LogP contribution in [0, 0.1) is 11.3 Å². The first-order valence-corrected chi connectivity index (χ1v) is 6.85. The monoisotopic (exact) mass is 273 g/mol. The molecule has 0 amide bonds. The average Bonchev–Trinajstić information content (AvgIpc) is 2.85. The molecule has 0 saturated carbocycles. The van der Waals surface area contributed by atoms with Crippen LogP contribution < -0.4 is 4.90 Å². The van der Waals surface area contributed by atoms with Gasteiger partial charge in [0, 0.05) is 12.2 Å². The number of fused-ring (bicyclic) bond motifs is 1.